The average molecular weight is 316 g/mol. The summed E-state index contributed by atoms with van der Waals surface area (Å²) in [5, 5.41) is 3.43. The van der Waals surface area contributed by atoms with E-state index < -0.39 is 0 Å². The van der Waals surface area contributed by atoms with Crippen molar-refractivity contribution in [3.05, 3.63) is 10.8 Å². The zero-order chi connectivity index (χ0) is 13.7. The van der Waals surface area contributed by atoms with Crippen molar-refractivity contribution in [3.63, 3.8) is 0 Å². The van der Waals surface area contributed by atoms with Crippen LogP contribution in [0.5, 0.6) is 0 Å². The van der Waals surface area contributed by atoms with Crippen molar-refractivity contribution >= 4 is 27.6 Å². The number of likely N-dealkylation sites (N-methyl/N-ethyl adjacent to an activating group) is 1. The highest BCUT2D eigenvalue weighted by atomic mass is 79.9. The lowest BCUT2D eigenvalue weighted by Gasteiger charge is -2.24. The van der Waals surface area contributed by atoms with E-state index in [4.69, 9.17) is 5.73 Å². The van der Waals surface area contributed by atoms with Crippen LogP contribution in [0.25, 0.3) is 0 Å². The van der Waals surface area contributed by atoms with Crippen LogP contribution < -0.4 is 11.1 Å². The highest BCUT2D eigenvalue weighted by Gasteiger charge is 2.15. The van der Waals surface area contributed by atoms with E-state index in [1.807, 2.05) is 0 Å². The number of nitrogens with zero attached hydrogens (tertiary/aromatic N) is 3. The molecule has 0 aliphatic rings. The van der Waals surface area contributed by atoms with E-state index in [9.17, 15) is 0 Å². The van der Waals surface area contributed by atoms with Gasteiger partial charge in [0.15, 0.2) is 0 Å². The number of nitrogens with one attached hydrogen (secondary N) is 1. The molecule has 5 nitrogen and oxygen atoms in total. The molecule has 0 saturated heterocycles. The Morgan fingerprint density at radius 1 is 1.39 bits per heavy atom. The fraction of sp³-hybridized carbons (Fsp3) is 0.667. The molecular weight excluding hydrogens is 294 g/mol. The molecule has 1 aromatic heterocycles. The van der Waals surface area contributed by atoms with Crippen LogP contribution in [0.2, 0.25) is 0 Å². The predicted octanol–water partition coefficient (Wildman–Crippen LogP) is 2.21. The smallest absolute Gasteiger partial charge is 0.146 e. The lowest BCUT2D eigenvalue weighted by Crippen LogP contribution is -2.34. The third-order valence-electron chi connectivity index (χ3n) is 2.50. The Labute approximate surface area is 117 Å². The van der Waals surface area contributed by atoms with Crippen LogP contribution in [0.3, 0.4) is 0 Å². The monoisotopic (exact) mass is 315 g/mol. The van der Waals surface area contributed by atoms with Crippen LogP contribution in [0.1, 0.15) is 20.3 Å². The van der Waals surface area contributed by atoms with Crippen molar-refractivity contribution in [1.82, 2.24) is 14.9 Å². The van der Waals surface area contributed by atoms with Crippen molar-refractivity contribution in [2.75, 3.05) is 31.7 Å². The molecule has 102 valence electrons. The standard InChI is InChI=1S/C12H22BrN5/c1-8(2)5-9(6-18(3)4)17-12-10(13)11(14)15-7-16-12/h7-9H,5-6H2,1-4H3,(H3,14,15,16,17). The minimum atomic E-state index is 0.339. The Bertz CT molecular complexity index is 371. The first-order valence-electron chi connectivity index (χ1n) is 6.07. The van der Waals surface area contributed by atoms with Gasteiger partial charge in [-0.05, 0) is 42.4 Å². The van der Waals surface area contributed by atoms with Gasteiger partial charge in [0.2, 0.25) is 0 Å². The highest BCUT2D eigenvalue weighted by molar-refractivity contribution is 9.10. The van der Waals surface area contributed by atoms with E-state index in [2.05, 4.69) is 64.1 Å². The molecule has 18 heavy (non-hydrogen) atoms. The molecular formula is C12H22BrN5. The van der Waals surface area contributed by atoms with Gasteiger partial charge in [0.1, 0.15) is 22.4 Å². The Hall–Kier alpha value is -0.880. The van der Waals surface area contributed by atoms with E-state index in [1.54, 1.807) is 0 Å². The summed E-state index contributed by atoms with van der Waals surface area (Å²) >= 11 is 3.42. The molecule has 0 fully saturated rings. The molecule has 3 N–H and O–H groups in total. The van der Waals surface area contributed by atoms with Crippen LogP contribution >= 0.6 is 15.9 Å². The van der Waals surface area contributed by atoms with Crippen molar-refractivity contribution in [2.45, 2.75) is 26.3 Å². The first kappa shape index (κ1) is 15.2. The van der Waals surface area contributed by atoms with Gasteiger partial charge in [-0.15, -0.1) is 0 Å². The van der Waals surface area contributed by atoms with Gasteiger partial charge in [0.25, 0.3) is 0 Å². The molecule has 0 aliphatic carbocycles. The summed E-state index contributed by atoms with van der Waals surface area (Å²) in [6.07, 6.45) is 2.55. The SMILES string of the molecule is CC(C)CC(CN(C)C)Nc1ncnc(N)c1Br. The van der Waals surface area contributed by atoms with E-state index in [0.717, 1.165) is 23.3 Å². The van der Waals surface area contributed by atoms with Crippen LogP contribution in [-0.2, 0) is 0 Å². The van der Waals surface area contributed by atoms with Crippen LogP contribution in [0, 0.1) is 5.92 Å². The second-order valence-electron chi connectivity index (χ2n) is 5.15. The Morgan fingerprint density at radius 2 is 2.06 bits per heavy atom. The zero-order valence-electron chi connectivity index (χ0n) is 11.4. The van der Waals surface area contributed by atoms with Gasteiger partial charge in [-0.2, -0.15) is 0 Å². The Balaban J connectivity index is 2.78. The summed E-state index contributed by atoms with van der Waals surface area (Å²) in [6.45, 7) is 5.38. The number of nitrogens with two attached hydrogens (primary N) is 1. The number of halogens is 1. The molecule has 0 aliphatic heterocycles. The molecule has 1 rings (SSSR count). The molecule has 0 saturated carbocycles. The number of hydrogen-bond donors (Lipinski definition) is 2. The highest BCUT2D eigenvalue weighted by Crippen LogP contribution is 2.25. The Kier molecular flexibility index (Phi) is 5.81. The lowest BCUT2D eigenvalue weighted by atomic mass is 10.0. The second kappa shape index (κ2) is 6.89. The topological polar surface area (TPSA) is 67.1 Å². The third kappa shape index (κ3) is 4.78. The van der Waals surface area contributed by atoms with E-state index in [0.29, 0.717) is 17.8 Å². The summed E-state index contributed by atoms with van der Waals surface area (Å²) in [6, 6.07) is 0.339. The van der Waals surface area contributed by atoms with Gasteiger partial charge in [0, 0.05) is 12.6 Å². The van der Waals surface area contributed by atoms with Crippen molar-refractivity contribution in [2.24, 2.45) is 5.92 Å². The van der Waals surface area contributed by atoms with E-state index in [-0.39, 0.29) is 0 Å². The minimum Gasteiger partial charge on any atom is -0.383 e. The van der Waals surface area contributed by atoms with Crippen LogP contribution in [-0.4, -0.2) is 41.5 Å². The molecule has 1 unspecified atom stereocenters. The minimum absolute atomic E-state index is 0.339. The normalized spacial score (nSPS) is 13.1. The van der Waals surface area contributed by atoms with Gasteiger partial charge in [0.05, 0.1) is 0 Å². The third-order valence-corrected chi connectivity index (χ3v) is 3.28. The lowest BCUT2D eigenvalue weighted by molar-refractivity contribution is 0.356. The second-order valence-corrected chi connectivity index (χ2v) is 5.95. The summed E-state index contributed by atoms with van der Waals surface area (Å²) < 4.78 is 0.734. The Morgan fingerprint density at radius 3 is 2.61 bits per heavy atom. The molecule has 0 amide bonds. The maximum Gasteiger partial charge on any atom is 0.146 e. The quantitative estimate of drug-likeness (QED) is 0.842. The molecule has 0 aromatic carbocycles. The first-order chi connectivity index (χ1) is 8.40. The largest absolute Gasteiger partial charge is 0.383 e. The summed E-state index contributed by atoms with van der Waals surface area (Å²) in [5.41, 5.74) is 5.75. The fourth-order valence-corrected chi connectivity index (χ4v) is 2.19. The van der Waals surface area contributed by atoms with E-state index >= 15 is 0 Å². The van der Waals surface area contributed by atoms with Gasteiger partial charge in [-0.25, -0.2) is 9.97 Å². The fourth-order valence-electron chi connectivity index (χ4n) is 1.87. The number of aromatic nitrogens is 2. The zero-order valence-corrected chi connectivity index (χ0v) is 13.0. The average Bonchev–Trinajstić information content (AvgIpc) is 2.23. The van der Waals surface area contributed by atoms with E-state index in [1.165, 1.54) is 6.33 Å². The maximum absolute atomic E-state index is 5.75. The number of hydrogen-bond acceptors (Lipinski definition) is 5. The predicted molar refractivity (Wildman–Crippen MR) is 79.6 cm³/mol. The van der Waals surface area contributed by atoms with Crippen LogP contribution in [0.15, 0.2) is 10.8 Å². The molecule has 1 atom stereocenters. The van der Waals surface area contributed by atoms with Gasteiger partial charge >= 0.3 is 0 Å². The van der Waals surface area contributed by atoms with Crippen molar-refractivity contribution < 1.29 is 0 Å². The molecule has 0 spiro atoms. The van der Waals surface area contributed by atoms with Gasteiger partial charge in [-0.1, -0.05) is 13.8 Å². The number of anilines is 2. The summed E-state index contributed by atoms with van der Waals surface area (Å²) in [4.78, 5) is 10.3. The molecule has 1 heterocycles. The number of rotatable bonds is 6. The summed E-state index contributed by atoms with van der Waals surface area (Å²) in [5.74, 6) is 1.84. The van der Waals surface area contributed by atoms with Gasteiger partial charge < -0.3 is 16.0 Å². The number of nitrogen functional groups attached to an aromatic ring is 1. The van der Waals surface area contributed by atoms with Crippen molar-refractivity contribution in [1.29, 1.82) is 0 Å². The molecule has 0 radical (unpaired) electrons. The first-order valence-corrected chi connectivity index (χ1v) is 6.86. The maximum atomic E-state index is 5.75. The summed E-state index contributed by atoms with van der Waals surface area (Å²) in [7, 11) is 4.14. The van der Waals surface area contributed by atoms with Crippen molar-refractivity contribution in [3.8, 4) is 0 Å². The van der Waals surface area contributed by atoms with Crippen LogP contribution in [0.4, 0.5) is 11.6 Å². The molecule has 1 aromatic rings. The molecule has 6 heteroatoms. The van der Waals surface area contributed by atoms with Gasteiger partial charge in [-0.3, -0.25) is 0 Å². The molecule has 0 bridgehead atoms.